The Balaban J connectivity index is 2.11. The third kappa shape index (κ3) is 2.64. The zero-order chi connectivity index (χ0) is 12.4. The lowest BCUT2D eigenvalue weighted by atomic mass is 10.0. The second-order valence-corrected chi connectivity index (χ2v) is 4.96. The minimum atomic E-state index is -0.944. The van der Waals surface area contributed by atoms with E-state index in [-0.39, 0.29) is 5.69 Å². The summed E-state index contributed by atoms with van der Waals surface area (Å²) in [7, 11) is 0. The van der Waals surface area contributed by atoms with Crippen molar-refractivity contribution < 1.29 is 9.90 Å². The van der Waals surface area contributed by atoms with Crippen molar-refractivity contribution in [3.05, 3.63) is 29.6 Å². The Labute approximate surface area is 101 Å². The highest BCUT2D eigenvalue weighted by Crippen LogP contribution is 2.24. The van der Waals surface area contributed by atoms with Crippen molar-refractivity contribution in [3.8, 4) is 0 Å². The van der Waals surface area contributed by atoms with Crippen molar-refractivity contribution in [2.45, 2.75) is 20.4 Å². The zero-order valence-corrected chi connectivity index (χ0v) is 10.3. The molecular weight excluding hydrogens is 216 g/mol. The van der Waals surface area contributed by atoms with Gasteiger partial charge < -0.3 is 5.11 Å². The van der Waals surface area contributed by atoms with Crippen LogP contribution >= 0.6 is 0 Å². The van der Waals surface area contributed by atoms with Gasteiger partial charge in [0.1, 0.15) is 0 Å². The van der Waals surface area contributed by atoms with Crippen LogP contribution in [0.3, 0.4) is 0 Å². The summed E-state index contributed by atoms with van der Waals surface area (Å²) in [4.78, 5) is 17.3. The average molecular weight is 234 g/mol. The molecule has 0 bridgehead atoms. The summed E-state index contributed by atoms with van der Waals surface area (Å²) in [6, 6.07) is 3.65. The molecule has 2 unspecified atom stereocenters. The van der Waals surface area contributed by atoms with Crippen LogP contribution in [0.4, 0.5) is 0 Å². The molecule has 0 radical (unpaired) electrons. The third-order valence-electron chi connectivity index (χ3n) is 3.55. The third-order valence-corrected chi connectivity index (χ3v) is 3.55. The van der Waals surface area contributed by atoms with Gasteiger partial charge in [-0.15, -0.1) is 0 Å². The van der Waals surface area contributed by atoms with E-state index in [1.807, 2.05) is 6.07 Å². The number of nitrogens with zero attached hydrogens (tertiary/aromatic N) is 2. The monoisotopic (exact) mass is 234 g/mol. The number of likely N-dealkylation sites (tertiary alicyclic amines) is 1. The van der Waals surface area contributed by atoms with Gasteiger partial charge in [-0.25, -0.2) is 9.78 Å². The summed E-state index contributed by atoms with van der Waals surface area (Å²) < 4.78 is 0. The fourth-order valence-electron chi connectivity index (χ4n) is 2.38. The Morgan fingerprint density at radius 2 is 2.12 bits per heavy atom. The number of hydrogen-bond acceptors (Lipinski definition) is 3. The van der Waals surface area contributed by atoms with Crippen LogP contribution in [0.1, 0.15) is 29.9 Å². The van der Waals surface area contributed by atoms with Gasteiger partial charge in [-0.05, 0) is 23.5 Å². The predicted molar refractivity (Wildman–Crippen MR) is 64.8 cm³/mol. The van der Waals surface area contributed by atoms with Gasteiger partial charge in [0, 0.05) is 25.8 Å². The van der Waals surface area contributed by atoms with Crippen LogP contribution in [0.2, 0.25) is 0 Å². The topological polar surface area (TPSA) is 53.4 Å². The van der Waals surface area contributed by atoms with E-state index in [9.17, 15) is 4.79 Å². The van der Waals surface area contributed by atoms with Gasteiger partial charge in [0.15, 0.2) is 5.69 Å². The van der Waals surface area contributed by atoms with Crippen LogP contribution in [0.25, 0.3) is 0 Å². The first-order valence-corrected chi connectivity index (χ1v) is 5.97. The van der Waals surface area contributed by atoms with Crippen LogP contribution in [0.15, 0.2) is 18.3 Å². The van der Waals surface area contributed by atoms with E-state index in [1.165, 1.54) is 6.20 Å². The van der Waals surface area contributed by atoms with Gasteiger partial charge in [0.2, 0.25) is 0 Å². The predicted octanol–water partition coefficient (Wildman–Crippen LogP) is 1.87. The van der Waals surface area contributed by atoms with Crippen LogP contribution in [0, 0.1) is 11.8 Å². The van der Waals surface area contributed by atoms with E-state index in [0.717, 1.165) is 18.7 Å². The highest BCUT2D eigenvalue weighted by Gasteiger charge is 2.26. The Bertz CT molecular complexity index is 410. The first-order valence-electron chi connectivity index (χ1n) is 5.97. The van der Waals surface area contributed by atoms with E-state index in [1.54, 1.807) is 6.07 Å². The molecule has 1 N–H and O–H groups in total. The van der Waals surface area contributed by atoms with Crippen LogP contribution < -0.4 is 0 Å². The molecule has 0 amide bonds. The molecule has 1 aromatic heterocycles. The van der Waals surface area contributed by atoms with Crippen molar-refractivity contribution >= 4 is 5.97 Å². The fourth-order valence-corrected chi connectivity index (χ4v) is 2.38. The van der Waals surface area contributed by atoms with E-state index < -0.39 is 5.97 Å². The number of hydrogen-bond donors (Lipinski definition) is 1. The molecule has 0 aromatic carbocycles. The average Bonchev–Trinajstić information content (AvgIpc) is 2.58. The van der Waals surface area contributed by atoms with E-state index in [4.69, 9.17) is 5.11 Å². The number of carboxylic acid groups (broad SMARTS) is 1. The van der Waals surface area contributed by atoms with Gasteiger partial charge >= 0.3 is 5.97 Å². The van der Waals surface area contributed by atoms with Gasteiger partial charge in [-0.2, -0.15) is 0 Å². The number of aromatic nitrogens is 1. The minimum Gasteiger partial charge on any atom is -0.477 e. The standard InChI is InChI=1S/C13H18N2O2/c1-9-6-15(7-10(9)2)8-11-4-3-5-14-12(11)13(16)17/h3-5,9-10H,6-8H2,1-2H3,(H,16,17). The second-order valence-electron chi connectivity index (χ2n) is 4.96. The number of pyridine rings is 1. The summed E-state index contributed by atoms with van der Waals surface area (Å²) in [5.74, 6) is 0.417. The van der Waals surface area contributed by atoms with Gasteiger partial charge in [0.05, 0.1) is 0 Å². The molecule has 1 aliphatic rings. The van der Waals surface area contributed by atoms with Crippen molar-refractivity contribution in [1.29, 1.82) is 0 Å². The molecule has 2 heterocycles. The lowest BCUT2D eigenvalue weighted by Crippen LogP contribution is -2.22. The summed E-state index contributed by atoms with van der Waals surface area (Å²) in [5.41, 5.74) is 0.987. The Kier molecular flexibility index (Phi) is 3.43. The van der Waals surface area contributed by atoms with E-state index >= 15 is 0 Å². The van der Waals surface area contributed by atoms with Crippen LogP contribution in [0.5, 0.6) is 0 Å². The largest absolute Gasteiger partial charge is 0.477 e. The van der Waals surface area contributed by atoms with E-state index in [0.29, 0.717) is 18.4 Å². The highest BCUT2D eigenvalue weighted by atomic mass is 16.4. The Morgan fingerprint density at radius 1 is 1.47 bits per heavy atom. The Hall–Kier alpha value is -1.42. The normalized spacial score (nSPS) is 25.1. The molecule has 4 heteroatoms. The summed E-state index contributed by atoms with van der Waals surface area (Å²) in [5, 5.41) is 9.06. The van der Waals surface area contributed by atoms with Crippen molar-refractivity contribution in [2.24, 2.45) is 11.8 Å². The summed E-state index contributed by atoms with van der Waals surface area (Å²) in [6.45, 7) is 7.24. The van der Waals surface area contributed by atoms with Crippen LogP contribution in [-0.4, -0.2) is 34.0 Å². The molecule has 4 nitrogen and oxygen atoms in total. The molecule has 2 rings (SSSR count). The maximum Gasteiger partial charge on any atom is 0.354 e. The fraction of sp³-hybridized carbons (Fsp3) is 0.538. The van der Waals surface area contributed by atoms with Crippen LogP contribution in [-0.2, 0) is 6.54 Å². The number of aromatic carboxylic acids is 1. The molecule has 0 saturated carbocycles. The molecular formula is C13H18N2O2. The van der Waals surface area contributed by atoms with Crippen molar-refractivity contribution in [2.75, 3.05) is 13.1 Å². The smallest absolute Gasteiger partial charge is 0.354 e. The number of carbonyl (C=O) groups is 1. The van der Waals surface area contributed by atoms with Gasteiger partial charge in [-0.3, -0.25) is 4.90 Å². The lowest BCUT2D eigenvalue weighted by molar-refractivity contribution is 0.0688. The molecule has 1 fully saturated rings. The summed E-state index contributed by atoms with van der Waals surface area (Å²) >= 11 is 0. The second kappa shape index (κ2) is 4.84. The number of carboxylic acids is 1. The molecule has 0 spiro atoms. The zero-order valence-electron chi connectivity index (χ0n) is 10.3. The summed E-state index contributed by atoms with van der Waals surface area (Å²) in [6.07, 6.45) is 1.53. The molecule has 1 aliphatic heterocycles. The molecule has 2 atom stereocenters. The minimum absolute atomic E-state index is 0.180. The Morgan fingerprint density at radius 3 is 2.71 bits per heavy atom. The van der Waals surface area contributed by atoms with E-state index in [2.05, 4.69) is 23.7 Å². The quantitative estimate of drug-likeness (QED) is 0.867. The first-order chi connectivity index (χ1) is 8.08. The van der Waals surface area contributed by atoms with Crippen molar-refractivity contribution in [1.82, 2.24) is 9.88 Å². The first kappa shape index (κ1) is 12.0. The molecule has 1 saturated heterocycles. The van der Waals surface area contributed by atoms with Gasteiger partial charge in [-0.1, -0.05) is 19.9 Å². The maximum absolute atomic E-state index is 11.0. The SMILES string of the molecule is CC1CN(Cc2cccnc2C(=O)O)CC1C. The van der Waals surface area contributed by atoms with Crippen molar-refractivity contribution in [3.63, 3.8) is 0 Å². The molecule has 17 heavy (non-hydrogen) atoms. The maximum atomic E-state index is 11.0. The lowest BCUT2D eigenvalue weighted by Gasteiger charge is -2.16. The highest BCUT2D eigenvalue weighted by molar-refractivity contribution is 5.86. The molecule has 0 aliphatic carbocycles. The number of rotatable bonds is 3. The molecule has 1 aromatic rings. The molecule has 92 valence electrons. The van der Waals surface area contributed by atoms with Gasteiger partial charge in [0.25, 0.3) is 0 Å².